The van der Waals surface area contributed by atoms with E-state index in [2.05, 4.69) is 11.4 Å². The second-order valence-corrected chi connectivity index (χ2v) is 4.10. The third-order valence-corrected chi connectivity index (χ3v) is 2.60. The van der Waals surface area contributed by atoms with Crippen LogP contribution >= 0.6 is 11.6 Å². The van der Waals surface area contributed by atoms with Crippen LogP contribution in [0.4, 0.5) is 5.69 Å². The van der Waals surface area contributed by atoms with E-state index in [1.54, 1.807) is 6.92 Å². The van der Waals surface area contributed by atoms with Crippen molar-refractivity contribution in [2.45, 2.75) is 13.5 Å². The molecule has 0 aliphatic carbocycles. The molecular formula is C11H12ClN3O2. The standard InChI is InChI=1S/C11H12ClN3O2/c1-8(5-13)6-14-7-9-4-10(15(16)17)2-3-11(9)12/h2-4,8,14H,6-7H2,1H3. The van der Waals surface area contributed by atoms with E-state index in [1.807, 2.05) is 0 Å². The lowest BCUT2D eigenvalue weighted by Crippen LogP contribution is -2.20. The average Bonchev–Trinajstić information content (AvgIpc) is 2.30. The van der Waals surface area contributed by atoms with Crippen molar-refractivity contribution in [1.29, 1.82) is 5.26 Å². The Morgan fingerprint density at radius 1 is 1.65 bits per heavy atom. The Labute approximate surface area is 104 Å². The van der Waals surface area contributed by atoms with Gasteiger partial charge < -0.3 is 5.32 Å². The van der Waals surface area contributed by atoms with Crippen molar-refractivity contribution in [2.24, 2.45) is 5.92 Å². The predicted octanol–water partition coefficient (Wildman–Crippen LogP) is 2.50. The summed E-state index contributed by atoms with van der Waals surface area (Å²) in [6.07, 6.45) is 0. The van der Waals surface area contributed by atoms with Crippen LogP contribution in [0.2, 0.25) is 5.02 Å². The van der Waals surface area contributed by atoms with E-state index < -0.39 is 4.92 Å². The van der Waals surface area contributed by atoms with Gasteiger partial charge in [-0.3, -0.25) is 10.1 Å². The van der Waals surface area contributed by atoms with Gasteiger partial charge in [0.2, 0.25) is 0 Å². The molecule has 1 rings (SSSR count). The van der Waals surface area contributed by atoms with Gasteiger partial charge in [-0.25, -0.2) is 0 Å². The lowest BCUT2D eigenvalue weighted by atomic mass is 10.1. The first-order valence-electron chi connectivity index (χ1n) is 5.07. The summed E-state index contributed by atoms with van der Waals surface area (Å²) in [4.78, 5) is 10.1. The molecule has 5 nitrogen and oxygen atoms in total. The summed E-state index contributed by atoms with van der Waals surface area (Å²) in [7, 11) is 0. The Morgan fingerprint density at radius 2 is 2.35 bits per heavy atom. The molecule has 0 amide bonds. The highest BCUT2D eigenvalue weighted by atomic mass is 35.5. The van der Waals surface area contributed by atoms with Gasteiger partial charge in [-0.05, 0) is 18.6 Å². The first-order chi connectivity index (χ1) is 8.04. The van der Waals surface area contributed by atoms with Gasteiger partial charge in [0.15, 0.2) is 0 Å². The molecule has 0 radical (unpaired) electrons. The highest BCUT2D eigenvalue weighted by molar-refractivity contribution is 6.31. The molecule has 0 heterocycles. The molecule has 0 saturated carbocycles. The zero-order chi connectivity index (χ0) is 12.8. The van der Waals surface area contributed by atoms with E-state index in [0.29, 0.717) is 23.7 Å². The number of nitro groups is 1. The first kappa shape index (κ1) is 13.4. The minimum absolute atomic E-state index is 0.0135. The molecule has 90 valence electrons. The molecule has 1 N–H and O–H groups in total. The number of non-ortho nitro benzene ring substituents is 1. The summed E-state index contributed by atoms with van der Waals surface area (Å²) in [5.74, 6) is -0.104. The van der Waals surface area contributed by atoms with E-state index in [9.17, 15) is 10.1 Å². The normalized spacial score (nSPS) is 11.8. The van der Waals surface area contributed by atoms with Gasteiger partial charge in [0.1, 0.15) is 0 Å². The molecule has 1 aromatic rings. The number of hydrogen-bond acceptors (Lipinski definition) is 4. The number of rotatable bonds is 5. The maximum Gasteiger partial charge on any atom is 0.269 e. The first-order valence-corrected chi connectivity index (χ1v) is 5.45. The Bertz CT molecular complexity index is 457. The molecule has 0 aliphatic heterocycles. The molecule has 0 fully saturated rings. The summed E-state index contributed by atoms with van der Waals surface area (Å²) in [6, 6.07) is 6.40. The molecule has 17 heavy (non-hydrogen) atoms. The molecule has 1 aromatic carbocycles. The molecule has 1 unspecified atom stereocenters. The molecule has 0 spiro atoms. The number of nitrogens with one attached hydrogen (secondary N) is 1. The predicted molar refractivity (Wildman–Crippen MR) is 64.6 cm³/mol. The quantitative estimate of drug-likeness (QED) is 0.646. The van der Waals surface area contributed by atoms with Crippen LogP contribution in [0.3, 0.4) is 0 Å². The number of nitrogens with zero attached hydrogens (tertiary/aromatic N) is 2. The van der Waals surface area contributed by atoms with Crippen LogP contribution in [-0.2, 0) is 6.54 Å². The highest BCUT2D eigenvalue weighted by Crippen LogP contribution is 2.21. The van der Waals surface area contributed by atoms with Crippen molar-refractivity contribution in [3.05, 3.63) is 38.9 Å². The second kappa shape index (κ2) is 6.18. The van der Waals surface area contributed by atoms with Gasteiger partial charge in [-0.1, -0.05) is 11.6 Å². The minimum Gasteiger partial charge on any atom is -0.311 e. The number of halogens is 1. The van der Waals surface area contributed by atoms with Crippen molar-refractivity contribution in [2.75, 3.05) is 6.54 Å². The summed E-state index contributed by atoms with van der Waals surface area (Å²) in [5.41, 5.74) is 0.672. The van der Waals surface area contributed by atoms with Gasteiger partial charge in [-0.15, -0.1) is 0 Å². The Morgan fingerprint density at radius 3 is 2.94 bits per heavy atom. The van der Waals surface area contributed by atoms with E-state index in [4.69, 9.17) is 16.9 Å². The summed E-state index contributed by atoms with van der Waals surface area (Å²) < 4.78 is 0. The van der Waals surface area contributed by atoms with E-state index in [-0.39, 0.29) is 11.6 Å². The number of nitro benzene ring substituents is 1. The number of benzene rings is 1. The third-order valence-electron chi connectivity index (χ3n) is 2.23. The van der Waals surface area contributed by atoms with Crippen LogP contribution in [0.1, 0.15) is 12.5 Å². The van der Waals surface area contributed by atoms with Crippen LogP contribution in [-0.4, -0.2) is 11.5 Å². The summed E-state index contributed by atoms with van der Waals surface area (Å²) in [5, 5.41) is 22.7. The smallest absolute Gasteiger partial charge is 0.269 e. The number of hydrogen-bond donors (Lipinski definition) is 1. The van der Waals surface area contributed by atoms with E-state index in [1.165, 1.54) is 18.2 Å². The van der Waals surface area contributed by atoms with E-state index in [0.717, 1.165) is 0 Å². The van der Waals surface area contributed by atoms with E-state index >= 15 is 0 Å². The Kier molecular flexibility index (Phi) is 4.88. The second-order valence-electron chi connectivity index (χ2n) is 3.69. The zero-order valence-corrected chi connectivity index (χ0v) is 10.1. The Balaban J connectivity index is 2.67. The van der Waals surface area contributed by atoms with Gasteiger partial charge >= 0.3 is 0 Å². The van der Waals surface area contributed by atoms with Crippen molar-refractivity contribution < 1.29 is 4.92 Å². The summed E-state index contributed by atoms with van der Waals surface area (Å²) in [6.45, 7) is 2.73. The molecule has 0 aromatic heterocycles. The fraction of sp³-hybridized carbons (Fsp3) is 0.364. The van der Waals surface area contributed by atoms with Crippen LogP contribution in [0.15, 0.2) is 18.2 Å². The van der Waals surface area contributed by atoms with Crippen LogP contribution in [0, 0.1) is 27.4 Å². The average molecular weight is 254 g/mol. The lowest BCUT2D eigenvalue weighted by Gasteiger charge is -2.07. The lowest BCUT2D eigenvalue weighted by molar-refractivity contribution is -0.384. The van der Waals surface area contributed by atoms with Gasteiger partial charge in [0.25, 0.3) is 5.69 Å². The minimum atomic E-state index is -0.461. The van der Waals surface area contributed by atoms with Crippen LogP contribution in [0.25, 0.3) is 0 Å². The SMILES string of the molecule is CC(C#N)CNCc1cc([N+](=O)[O-])ccc1Cl. The fourth-order valence-corrected chi connectivity index (χ4v) is 1.46. The summed E-state index contributed by atoms with van der Waals surface area (Å²) >= 11 is 5.92. The highest BCUT2D eigenvalue weighted by Gasteiger charge is 2.09. The van der Waals surface area contributed by atoms with Gasteiger partial charge in [0.05, 0.1) is 16.9 Å². The molecule has 0 aliphatic rings. The monoisotopic (exact) mass is 253 g/mol. The molecule has 0 bridgehead atoms. The fourth-order valence-electron chi connectivity index (χ4n) is 1.28. The molecule has 6 heteroatoms. The third kappa shape index (κ3) is 4.02. The van der Waals surface area contributed by atoms with Crippen molar-refractivity contribution in [3.8, 4) is 6.07 Å². The maximum atomic E-state index is 10.6. The van der Waals surface area contributed by atoms with Crippen molar-refractivity contribution in [1.82, 2.24) is 5.32 Å². The maximum absolute atomic E-state index is 10.6. The molecular weight excluding hydrogens is 242 g/mol. The van der Waals surface area contributed by atoms with Gasteiger partial charge in [-0.2, -0.15) is 5.26 Å². The van der Waals surface area contributed by atoms with Crippen molar-refractivity contribution >= 4 is 17.3 Å². The topological polar surface area (TPSA) is 79.0 Å². The molecule has 1 atom stereocenters. The molecule has 0 saturated heterocycles. The Hall–Kier alpha value is -1.64. The largest absolute Gasteiger partial charge is 0.311 e. The zero-order valence-electron chi connectivity index (χ0n) is 9.31. The van der Waals surface area contributed by atoms with Crippen LogP contribution in [0.5, 0.6) is 0 Å². The van der Waals surface area contributed by atoms with Crippen LogP contribution < -0.4 is 5.32 Å². The van der Waals surface area contributed by atoms with Gasteiger partial charge in [0, 0.05) is 30.2 Å². The number of nitriles is 1. The van der Waals surface area contributed by atoms with Crippen molar-refractivity contribution in [3.63, 3.8) is 0 Å².